The van der Waals surface area contributed by atoms with Gasteiger partial charge in [0.1, 0.15) is 168 Å². The topological polar surface area (TPSA) is 288 Å². The quantitative estimate of drug-likeness (QED) is 0.0311. The van der Waals surface area contributed by atoms with E-state index in [0.717, 1.165) is 134 Å². The Morgan fingerprint density at radius 2 is 0.404 bits per heavy atom. The maximum Gasteiger partial charge on any atom is 0.177 e. The van der Waals surface area contributed by atoms with Crippen LogP contribution >= 0.6 is 0 Å². The lowest BCUT2D eigenvalue weighted by molar-refractivity contribution is -0.800. The smallest absolute Gasteiger partial charge is 0.177 e. The molecular formula is C84H133N30+7. The molecule has 0 aromatic carbocycles. The van der Waals surface area contributed by atoms with E-state index in [4.69, 9.17) is 0 Å². The summed E-state index contributed by atoms with van der Waals surface area (Å²) in [6.07, 6.45) is 45.5. The predicted molar refractivity (Wildman–Crippen MR) is 482 cm³/mol. The molecule has 612 valence electrons. The highest BCUT2D eigenvalue weighted by Gasteiger charge is 2.18. The third-order valence-corrected chi connectivity index (χ3v) is 14.6. The van der Waals surface area contributed by atoms with Gasteiger partial charge in [0.25, 0.3) is 0 Å². The van der Waals surface area contributed by atoms with Gasteiger partial charge < -0.3 is 59.3 Å². The second kappa shape index (κ2) is 48.0. The van der Waals surface area contributed by atoms with Crippen molar-refractivity contribution < 1.29 is 32.4 Å². The number of nitrogens with zero attached hydrogens (tertiary/aromatic N) is 23. The summed E-state index contributed by atoms with van der Waals surface area (Å²) in [5, 5.41) is 6.20. The van der Waals surface area contributed by atoms with Crippen LogP contribution in [0.1, 0.15) is 78.7 Å². The average Bonchev–Trinajstić information content (AvgIpc) is 1.62. The van der Waals surface area contributed by atoms with Crippen molar-refractivity contribution in [1.29, 1.82) is 0 Å². The fourth-order valence-corrected chi connectivity index (χ4v) is 10.9. The lowest BCUT2D eigenvalue weighted by Crippen LogP contribution is -3.00. The predicted octanol–water partition coefficient (Wildman–Crippen LogP) is 9.62. The van der Waals surface area contributed by atoms with Gasteiger partial charge in [-0.2, -0.15) is 0 Å². The molecule has 0 saturated heterocycles. The van der Waals surface area contributed by atoms with E-state index in [9.17, 15) is 0 Å². The molecular weight excluding hydrogens is 1430 g/mol. The Balaban J connectivity index is 0.000000677. The zero-order valence-corrected chi connectivity index (χ0v) is 67.1. The van der Waals surface area contributed by atoms with Crippen molar-refractivity contribution >= 4 is 137 Å². The van der Waals surface area contributed by atoms with Crippen molar-refractivity contribution in [3.8, 4) is 0 Å². The number of quaternary nitrogens is 1. The molecule has 30 heteroatoms. The van der Waals surface area contributed by atoms with Gasteiger partial charge in [-0.05, 0) is 36.4 Å². The van der Waals surface area contributed by atoms with Crippen LogP contribution in [0.2, 0.25) is 0 Å². The molecule has 0 atom stereocenters. The van der Waals surface area contributed by atoms with Crippen molar-refractivity contribution in [3.63, 3.8) is 0 Å². The van der Waals surface area contributed by atoms with E-state index in [1.165, 1.54) is 4.90 Å². The number of allylic oxidation sites excluding steroid dienone is 6. The maximum absolute atomic E-state index is 4.41. The molecule has 0 amide bonds. The van der Waals surface area contributed by atoms with E-state index < -0.39 is 0 Å². The summed E-state index contributed by atoms with van der Waals surface area (Å²) >= 11 is 0. The molecule has 7 N–H and O–H groups in total. The maximum atomic E-state index is 4.41. The van der Waals surface area contributed by atoms with E-state index in [0.29, 0.717) is 0 Å². The summed E-state index contributed by atoms with van der Waals surface area (Å²) in [5.74, 6) is 0. The first-order chi connectivity index (χ1) is 51.5. The molecule has 0 radical (unpaired) electrons. The third kappa shape index (κ3) is 29.8. The van der Waals surface area contributed by atoms with Crippen LogP contribution in [0.15, 0.2) is 149 Å². The number of nitrogens with one attached hydrogen (secondary N) is 7. The lowest BCUT2D eigenvalue weighted by Gasteiger charge is -2.07. The highest BCUT2D eigenvalue weighted by molar-refractivity contribution is 6.15. The lowest BCUT2D eigenvalue weighted by atomic mass is 10.1. The van der Waals surface area contributed by atoms with Crippen LogP contribution in [0.3, 0.4) is 0 Å². The fraction of sp³-hybridized carbons (Fsp3) is 0.357. The molecule has 0 unspecified atom stereocenters. The summed E-state index contributed by atoms with van der Waals surface area (Å²) in [6.45, 7) is 0. The molecule has 0 aliphatic rings. The van der Waals surface area contributed by atoms with Gasteiger partial charge in [0.15, 0.2) is 37.3 Å². The number of aromatic amines is 6. The van der Waals surface area contributed by atoms with Crippen LogP contribution < -0.4 is 4.90 Å². The van der Waals surface area contributed by atoms with Gasteiger partial charge in [0, 0.05) is 171 Å². The minimum absolute atomic E-state index is 0. The van der Waals surface area contributed by atoms with E-state index in [1.807, 2.05) is 281 Å². The number of H-pyrrole nitrogens is 6. The minimum Gasteiger partial charge on any atom is -0.383 e. The van der Waals surface area contributed by atoms with Crippen LogP contribution in [0.5, 0.6) is 0 Å². The summed E-state index contributed by atoms with van der Waals surface area (Å²) in [5.41, 5.74) is 17.1. The Labute approximate surface area is 676 Å². The summed E-state index contributed by atoms with van der Waals surface area (Å²) in [4.78, 5) is 81.6. The molecule has 114 heavy (non-hydrogen) atoms. The molecule has 30 nitrogen and oxygen atoms in total. The summed E-state index contributed by atoms with van der Waals surface area (Å²) in [6, 6.07) is 12.0. The Hall–Kier alpha value is -12.9. The average molecular weight is 1560 g/mol. The number of fused-ring (bicyclic) bond motifs is 6. The minimum atomic E-state index is 0. The molecule has 0 aliphatic heterocycles. The van der Waals surface area contributed by atoms with Crippen LogP contribution in [0, 0.1) is 0 Å². The van der Waals surface area contributed by atoms with Gasteiger partial charge in [0.05, 0.1) is 76.1 Å². The Kier molecular flexibility index (Phi) is 41.8. The van der Waals surface area contributed by atoms with Gasteiger partial charge in [-0.15, -0.1) is 0 Å². The number of hydrogen-bond acceptors (Lipinski definition) is 17. The van der Waals surface area contributed by atoms with Crippen LogP contribution in [-0.2, 0) is 0 Å². The molecule has 0 fully saturated rings. The van der Waals surface area contributed by atoms with Gasteiger partial charge in [0.2, 0.25) is 0 Å². The van der Waals surface area contributed by atoms with Crippen LogP contribution in [0.25, 0.3) is 99.6 Å². The Bertz CT molecular complexity index is 4470. The molecule has 12 aromatic rings. The van der Waals surface area contributed by atoms with E-state index in [2.05, 4.69) is 178 Å². The zero-order valence-electron chi connectivity index (χ0n) is 67.1. The first-order valence-corrected chi connectivity index (χ1v) is 34.7. The zero-order chi connectivity index (χ0) is 78.7. The summed E-state index contributed by atoms with van der Waals surface area (Å²) in [7, 11) is 48.2. The third-order valence-electron chi connectivity index (χ3n) is 14.6. The monoisotopic (exact) mass is 1560 g/mol. The molecule has 0 bridgehead atoms. The number of hydrogen-bond donors (Lipinski definition) is 7. The second-order valence-electron chi connectivity index (χ2n) is 27.7. The van der Waals surface area contributed by atoms with Crippen LogP contribution in [0.4, 0.5) is 0 Å². The van der Waals surface area contributed by atoms with Gasteiger partial charge in [-0.25, -0.2) is 87.3 Å². The van der Waals surface area contributed by atoms with Crippen molar-refractivity contribution in [3.05, 3.63) is 183 Å². The van der Waals surface area contributed by atoms with Gasteiger partial charge in [-0.3, -0.25) is 0 Å². The van der Waals surface area contributed by atoms with Crippen molar-refractivity contribution in [2.45, 2.75) is 44.6 Å². The van der Waals surface area contributed by atoms with E-state index >= 15 is 0 Å². The second-order valence-corrected chi connectivity index (χ2v) is 27.7. The highest BCUT2D eigenvalue weighted by Crippen LogP contribution is 2.25. The highest BCUT2D eigenvalue weighted by atomic mass is 15.1. The van der Waals surface area contributed by atoms with E-state index in [1.54, 1.807) is 38.0 Å². The van der Waals surface area contributed by atoms with Gasteiger partial charge >= 0.3 is 0 Å². The Morgan fingerprint density at radius 3 is 0.544 bits per heavy atom. The largest absolute Gasteiger partial charge is 0.383 e. The van der Waals surface area contributed by atoms with Crippen molar-refractivity contribution in [1.82, 2.24) is 114 Å². The Morgan fingerprint density at radius 1 is 0.254 bits per heavy atom. The summed E-state index contributed by atoms with van der Waals surface area (Å²) < 4.78 is 12.1. The fourth-order valence-electron chi connectivity index (χ4n) is 10.9. The number of aromatic nitrogens is 18. The molecule has 0 aliphatic carbocycles. The first-order valence-electron chi connectivity index (χ1n) is 34.7. The normalized spacial score (nSPS) is 11.1. The molecule has 12 aromatic heterocycles. The number of rotatable bonds is 18. The molecule has 12 heterocycles. The molecule has 0 saturated carbocycles. The molecule has 12 rings (SSSR count). The van der Waals surface area contributed by atoms with Gasteiger partial charge in [-0.1, -0.05) is 44.6 Å². The first kappa shape index (κ1) is 99.1. The SMILES string of the molecule is C.C.C.C.C.C.CN(C)/C=C(/C=[N+](C)C)c1ncnc2[nH]ccc12.CN(C)/C=C(/C=[N+](C)C)c1ncnc2[nH]ccc12.CN(C)/C=C(/C=[N+](C)C)c1ncnc2[nH]ccc12.CN(C)/C=C(/C=[N+](C)C)c1ncnc2[nH]ccc12.CN(C)/C=C(/C=[N+](C)C)c1ncnc2[nH]ccc12.C[N+](C)=C/C(=C/[NH+](C)C)c1ncnc2[nH]ccc12. The van der Waals surface area contributed by atoms with Crippen LogP contribution in [-0.4, -0.2) is 348 Å². The molecule has 0 spiro atoms. The standard InChI is InChI=1S/6C13H18N5.6CH4/c6*1-17(2)7-10(8-18(3)4)12-11-5-6-14-13(11)16-9-15-12;;;;;;/h6*5-9H,1-4H3,(H,14,15,16);6*1H4/q6*+1;;;;;;/p+1. The van der Waals surface area contributed by atoms with E-state index in [-0.39, 0.29) is 44.6 Å². The van der Waals surface area contributed by atoms with Crippen molar-refractivity contribution in [2.75, 3.05) is 169 Å². The van der Waals surface area contributed by atoms with Crippen molar-refractivity contribution in [2.24, 2.45) is 0 Å².